The topological polar surface area (TPSA) is 34.1 Å². The Morgan fingerprint density at radius 3 is 2.39 bits per heavy atom. The van der Waals surface area contributed by atoms with Gasteiger partial charge in [-0.2, -0.15) is 0 Å². The van der Waals surface area contributed by atoms with Crippen molar-refractivity contribution < 1.29 is 8.98 Å². The van der Waals surface area contributed by atoms with Gasteiger partial charge in [0.25, 0.3) is 0 Å². The lowest BCUT2D eigenvalue weighted by Gasteiger charge is -1.99. The van der Waals surface area contributed by atoms with Crippen molar-refractivity contribution in [1.82, 2.24) is 0 Å². The molecule has 0 unspecified atom stereocenters. The zero-order valence-electron chi connectivity index (χ0n) is 9.96. The monoisotopic (exact) mass is 238 g/mol. The molecule has 3 rings (SSSR count). The summed E-state index contributed by atoms with van der Waals surface area (Å²) in [5.74, 6) is 0.574. The first-order valence-electron chi connectivity index (χ1n) is 5.77. The van der Waals surface area contributed by atoms with Gasteiger partial charge < -0.3 is 4.42 Å². The predicted octanol–water partition coefficient (Wildman–Crippen LogP) is 2.38. The Morgan fingerprint density at radius 2 is 1.61 bits per heavy atom. The maximum atomic E-state index is 12.5. The third kappa shape index (κ3) is 1.61. The Hall–Kier alpha value is -2.42. The molecule has 0 fully saturated rings. The summed E-state index contributed by atoms with van der Waals surface area (Å²) in [5.41, 5.74) is 1.38. The molecule has 0 aliphatic heterocycles. The first-order chi connectivity index (χ1) is 8.77. The highest BCUT2D eigenvalue weighted by atomic mass is 16.3. The van der Waals surface area contributed by atoms with Gasteiger partial charge in [-0.15, -0.1) is 0 Å². The van der Waals surface area contributed by atoms with E-state index in [1.165, 1.54) is 0 Å². The number of fused-ring (bicyclic) bond motifs is 1. The quantitative estimate of drug-likeness (QED) is 0.610. The highest BCUT2D eigenvalue weighted by molar-refractivity contribution is 5.74. The number of hydrogen-bond acceptors (Lipinski definition) is 2. The van der Waals surface area contributed by atoms with Crippen molar-refractivity contribution in [2.75, 3.05) is 0 Å². The van der Waals surface area contributed by atoms with Crippen LogP contribution in [0.4, 0.5) is 0 Å². The van der Waals surface area contributed by atoms with Crippen LogP contribution in [0.3, 0.4) is 0 Å². The van der Waals surface area contributed by atoms with E-state index in [9.17, 15) is 4.79 Å². The molecule has 0 amide bonds. The number of nitrogens with zero attached hydrogens (tertiary/aromatic N) is 1. The van der Waals surface area contributed by atoms with E-state index in [4.69, 9.17) is 4.42 Å². The fraction of sp³-hybridized carbons (Fsp3) is 0.0667. The van der Waals surface area contributed by atoms with E-state index in [0.717, 1.165) is 5.69 Å². The van der Waals surface area contributed by atoms with Crippen molar-refractivity contribution in [3.8, 4) is 5.69 Å². The van der Waals surface area contributed by atoms with Crippen molar-refractivity contribution >= 4 is 11.0 Å². The number of benzene rings is 2. The van der Waals surface area contributed by atoms with E-state index < -0.39 is 0 Å². The summed E-state index contributed by atoms with van der Waals surface area (Å²) in [6.07, 6.45) is 0. The summed E-state index contributed by atoms with van der Waals surface area (Å²) in [7, 11) is 0. The second-order valence-corrected chi connectivity index (χ2v) is 4.09. The van der Waals surface area contributed by atoms with Crippen LogP contribution in [-0.2, 0) is 0 Å². The largest absolute Gasteiger partial charge is 0.431 e. The third-order valence-electron chi connectivity index (χ3n) is 2.91. The molecule has 3 aromatic rings. The summed E-state index contributed by atoms with van der Waals surface area (Å²) < 4.78 is 7.28. The molecular formula is C15H12NO2+. The van der Waals surface area contributed by atoms with E-state index in [-0.39, 0.29) is 5.56 Å². The van der Waals surface area contributed by atoms with Gasteiger partial charge in [0.1, 0.15) is 5.39 Å². The van der Waals surface area contributed by atoms with Gasteiger partial charge in [-0.05, 0) is 12.1 Å². The van der Waals surface area contributed by atoms with Crippen molar-refractivity contribution in [3.05, 3.63) is 70.8 Å². The molecule has 0 radical (unpaired) electrons. The maximum Gasteiger partial charge on any atom is 0.431 e. The number of para-hydroxylation sites is 2. The molecule has 3 heteroatoms. The fourth-order valence-electron chi connectivity index (χ4n) is 2.08. The number of aromatic nitrogens is 1. The molecule has 0 saturated heterocycles. The molecule has 0 spiro atoms. The lowest BCUT2D eigenvalue weighted by molar-refractivity contribution is -0.628. The molecule has 0 N–H and O–H groups in total. The molecule has 18 heavy (non-hydrogen) atoms. The second-order valence-electron chi connectivity index (χ2n) is 4.09. The first-order valence-corrected chi connectivity index (χ1v) is 5.77. The SMILES string of the molecule is Cc1oc2ccccc2c(=O)[n+]1-c1ccccc1. The maximum absolute atomic E-state index is 12.5. The summed E-state index contributed by atoms with van der Waals surface area (Å²) in [4.78, 5) is 12.5. The van der Waals surface area contributed by atoms with Gasteiger partial charge in [0.05, 0.1) is 6.92 Å². The van der Waals surface area contributed by atoms with Gasteiger partial charge >= 0.3 is 11.4 Å². The van der Waals surface area contributed by atoms with Gasteiger partial charge in [-0.1, -0.05) is 34.9 Å². The van der Waals surface area contributed by atoms with Gasteiger partial charge in [-0.25, -0.2) is 4.79 Å². The molecule has 0 aliphatic carbocycles. The molecule has 0 saturated carbocycles. The number of hydrogen-bond donors (Lipinski definition) is 0. The average molecular weight is 238 g/mol. The molecule has 88 valence electrons. The van der Waals surface area contributed by atoms with Crippen molar-refractivity contribution in [2.45, 2.75) is 6.92 Å². The predicted molar refractivity (Wildman–Crippen MR) is 68.8 cm³/mol. The minimum absolute atomic E-state index is 0.0550. The Labute approximate surface area is 104 Å². The lowest BCUT2D eigenvalue weighted by Crippen LogP contribution is -2.49. The van der Waals surface area contributed by atoms with Crippen LogP contribution in [0, 0.1) is 6.92 Å². The number of aryl methyl sites for hydroxylation is 1. The van der Waals surface area contributed by atoms with E-state index in [2.05, 4.69) is 0 Å². The van der Waals surface area contributed by atoms with Crippen LogP contribution in [0.25, 0.3) is 16.7 Å². The smallest absolute Gasteiger partial charge is 0.407 e. The lowest BCUT2D eigenvalue weighted by atomic mass is 10.2. The summed E-state index contributed by atoms with van der Waals surface area (Å²) in [6.45, 7) is 1.79. The van der Waals surface area contributed by atoms with Gasteiger partial charge in [0, 0.05) is 12.1 Å². The minimum Gasteiger partial charge on any atom is -0.407 e. The molecule has 0 bridgehead atoms. The summed E-state index contributed by atoms with van der Waals surface area (Å²) in [6, 6.07) is 16.8. The van der Waals surface area contributed by atoms with Gasteiger partial charge in [0.2, 0.25) is 5.69 Å². The van der Waals surface area contributed by atoms with E-state index in [1.54, 1.807) is 23.6 Å². The van der Waals surface area contributed by atoms with Gasteiger partial charge in [0.15, 0.2) is 5.58 Å². The van der Waals surface area contributed by atoms with Crippen molar-refractivity contribution in [1.29, 1.82) is 0 Å². The normalized spacial score (nSPS) is 10.7. The molecule has 1 heterocycles. The molecule has 1 aromatic heterocycles. The van der Waals surface area contributed by atoms with Gasteiger partial charge in [-0.3, -0.25) is 0 Å². The van der Waals surface area contributed by atoms with E-state index in [1.807, 2.05) is 42.5 Å². The zero-order chi connectivity index (χ0) is 12.5. The van der Waals surface area contributed by atoms with Crippen LogP contribution in [0.2, 0.25) is 0 Å². The Balaban J connectivity index is 2.41. The molecule has 0 aliphatic rings. The van der Waals surface area contributed by atoms with Crippen molar-refractivity contribution in [2.24, 2.45) is 0 Å². The summed E-state index contributed by atoms with van der Waals surface area (Å²) >= 11 is 0. The first kappa shape index (κ1) is 10.7. The van der Waals surface area contributed by atoms with E-state index in [0.29, 0.717) is 16.9 Å². The molecule has 3 nitrogen and oxygen atoms in total. The van der Waals surface area contributed by atoms with Crippen LogP contribution >= 0.6 is 0 Å². The zero-order valence-corrected chi connectivity index (χ0v) is 9.96. The molecular weight excluding hydrogens is 226 g/mol. The number of rotatable bonds is 1. The van der Waals surface area contributed by atoms with Crippen LogP contribution in [0.15, 0.2) is 63.8 Å². The average Bonchev–Trinajstić information content (AvgIpc) is 2.40. The Morgan fingerprint density at radius 1 is 0.944 bits per heavy atom. The fourth-order valence-corrected chi connectivity index (χ4v) is 2.08. The van der Waals surface area contributed by atoms with Crippen LogP contribution in [-0.4, -0.2) is 0 Å². The van der Waals surface area contributed by atoms with E-state index >= 15 is 0 Å². The van der Waals surface area contributed by atoms with Crippen molar-refractivity contribution in [3.63, 3.8) is 0 Å². The Bertz CT molecular complexity index is 760. The summed E-state index contributed by atoms with van der Waals surface area (Å²) in [5, 5.41) is 0.590. The molecule has 0 atom stereocenters. The highest BCUT2D eigenvalue weighted by Crippen LogP contribution is 2.10. The van der Waals surface area contributed by atoms with Crippen LogP contribution < -0.4 is 10.1 Å². The highest BCUT2D eigenvalue weighted by Gasteiger charge is 2.20. The second kappa shape index (κ2) is 4.11. The molecule has 2 aromatic carbocycles. The van der Waals surface area contributed by atoms with Crippen LogP contribution in [0.1, 0.15) is 5.89 Å². The Kier molecular flexibility index (Phi) is 2.45. The minimum atomic E-state index is -0.0550. The third-order valence-corrected chi connectivity index (χ3v) is 2.91. The van der Waals surface area contributed by atoms with Crippen LogP contribution in [0.5, 0.6) is 0 Å². The standard InChI is InChI=1S/C15H12NO2/c1-11-16(12-7-3-2-4-8-12)15(17)13-9-5-6-10-14(13)18-11/h2-10H,1H3/q+1.